The van der Waals surface area contributed by atoms with Gasteiger partial charge in [-0.1, -0.05) is 12.1 Å². The van der Waals surface area contributed by atoms with Gasteiger partial charge < -0.3 is 19.9 Å². The summed E-state index contributed by atoms with van der Waals surface area (Å²) in [5, 5.41) is 11.8. The number of anilines is 1. The second-order valence-electron chi connectivity index (χ2n) is 4.91. The third kappa shape index (κ3) is 3.60. The third-order valence-electron chi connectivity index (χ3n) is 3.41. The Morgan fingerprint density at radius 3 is 2.33 bits per heavy atom. The van der Waals surface area contributed by atoms with E-state index in [-0.39, 0.29) is 17.3 Å². The highest BCUT2D eigenvalue weighted by atomic mass is 16.5. The first-order valence-electron chi connectivity index (χ1n) is 7.05. The minimum Gasteiger partial charge on any atom is -0.481 e. The lowest BCUT2D eigenvalue weighted by atomic mass is 10.0. The van der Waals surface area contributed by atoms with E-state index in [1.54, 1.807) is 31.2 Å². The molecule has 0 spiro atoms. The van der Waals surface area contributed by atoms with E-state index in [0.717, 1.165) is 0 Å². The Morgan fingerprint density at radius 2 is 1.79 bits per heavy atom. The Balaban J connectivity index is 2.31. The predicted molar refractivity (Wildman–Crippen MR) is 85.6 cm³/mol. The lowest BCUT2D eigenvalue weighted by molar-refractivity contribution is -0.138. The maximum absolute atomic E-state index is 12.5. The van der Waals surface area contributed by atoms with E-state index >= 15 is 0 Å². The lowest BCUT2D eigenvalue weighted by Crippen LogP contribution is -2.16. The summed E-state index contributed by atoms with van der Waals surface area (Å²) >= 11 is 0. The topological polar surface area (TPSA) is 111 Å². The Hall–Kier alpha value is -3.16. The Labute approximate surface area is 138 Å². The second-order valence-corrected chi connectivity index (χ2v) is 4.91. The van der Waals surface area contributed by atoms with Gasteiger partial charge in [0.15, 0.2) is 5.56 Å². The van der Waals surface area contributed by atoms with Crippen LogP contribution in [0.1, 0.15) is 28.8 Å². The molecule has 1 unspecified atom stereocenters. The fraction of sp³-hybridized carbons (Fsp3) is 0.250. The first-order valence-corrected chi connectivity index (χ1v) is 7.05. The van der Waals surface area contributed by atoms with Crippen LogP contribution in [0.15, 0.2) is 30.6 Å². The summed E-state index contributed by atoms with van der Waals surface area (Å²) in [5.41, 5.74) is 1.07. The van der Waals surface area contributed by atoms with Crippen LogP contribution in [-0.4, -0.2) is 41.2 Å². The maximum atomic E-state index is 12.5. The van der Waals surface area contributed by atoms with E-state index in [1.807, 2.05) is 0 Å². The van der Waals surface area contributed by atoms with Crippen LogP contribution in [-0.2, 0) is 4.79 Å². The zero-order chi connectivity index (χ0) is 17.7. The first kappa shape index (κ1) is 17.2. The molecule has 1 heterocycles. The van der Waals surface area contributed by atoms with Gasteiger partial charge in [0.25, 0.3) is 5.91 Å². The summed E-state index contributed by atoms with van der Waals surface area (Å²) in [5.74, 6) is -2.00. The molecule has 1 aromatic heterocycles. The number of aromatic nitrogens is 2. The number of benzene rings is 1. The number of hydrogen-bond donors (Lipinski definition) is 2. The molecule has 0 saturated heterocycles. The number of carboxylic acid groups (broad SMARTS) is 1. The van der Waals surface area contributed by atoms with Gasteiger partial charge in [-0.3, -0.25) is 9.59 Å². The molecule has 2 rings (SSSR count). The summed E-state index contributed by atoms with van der Waals surface area (Å²) in [7, 11) is 2.77. The molecule has 0 bridgehead atoms. The van der Waals surface area contributed by atoms with E-state index in [9.17, 15) is 9.59 Å². The number of carboxylic acids is 1. The van der Waals surface area contributed by atoms with Crippen molar-refractivity contribution in [3.8, 4) is 11.8 Å². The summed E-state index contributed by atoms with van der Waals surface area (Å²) in [6, 6.07) is 6.60. The van der Waals surface area contributed by atoms with Gasteiger partial charge in [0.2, 0.25) is 11.8 Å². The van der Waals surface area contributed by atoms with Crippen molar-refractivity contribution in [2.75, 3.05) is 19.5 Å². The number of amides is 1. The molecule has 0 saturated carbocycles. The van der Waals surface area contributed by atoms with Gasteiger partial charge in [0.1, 0.15) is 6.33 Å². The zero-order valence-corrected chi connectivity index (χ0v) is 13.4. The summed E-state index contributed by atoms with van der Waals surface area (Å²) in [6.07, 6.45) is 1.23. The van der Waals surface area contributed by atoms with Crippen LogP contribution in [0.2, 0.25) is 0 Å². The Bertz CT molecular complexity index is 741. The molecular weight excluding hydrogens is 314 g/mol. The quantitative estimate of drug-likeness (QED) is 0.832. The van der Waals surface area contributed by atoms with Crippen molar-refractivity contribution in [2.24, 2.45) is 0 Å². The largest absolute Gasteiger partial charge is 0.481 e. The van der Waals surface area contributed by atoms with Crippen molar-refractivity contribution in [1.29, 1.82) is 0 Å². The minimum absolute atomic E-state index is 0.0548. The molecule has 1 amide bonds. The van der Waals surface area contributed by atoms with Gasteiger partial charge in [-0.05, 0) is 24.6 Å². The van der Waals surface area contributed by atoms with Crippen molar-refractivity contribution in [1.82, 2.24) is 9.97 Å². The predicted octanol–water partition coefficient (Wildman–Crippen LogP) is 1.93. The monoisotopic (exact) mass is 331 g/mol. The van der Waals surface area contributed by atoms with Gasteiger partial charge in [-0.25, -0.2) is 9.97 Å². The highest BCUT2D eigenvalue weighted by Gasteiger charge is 2.21. The minimum atomic E-state index is -0.946. The number of ether oxygens (including phenoxy) is 2. The van der Waals surface area contributed by atoms with Crippen LogP contribution in [0.5, 0.6) is 11.8 Å². The number of rotatable bonds is 6. The fourth-order valence-electron chi connectivity index (χ4n) is 2.08. The van der Waals surface area contributed by atoms with E-state index in [4.69, 9.17) is 14.6 Å². The Kier molecular flexibility index (Phi) is 5.31. The number of aliphatic carboxylic acids is 1. The van der Waals surface area contributed by atoms with Gasteiger partial charge in [0, 0.05) is 5.69 Å². The van der Waals surface area contributed by atoms with Crippen LogP contribution in [0, 0.1) is 0 Å². The molecule has 8 nitrogen and oxygen atoms in total. The average Bonchev–Trinajstić information content (AvgIpc) is 2.60. The van der Waals surface area contributed by atoms with Gasteiger partial charge in [-0.2, -0.15) is 0 Å². The van der Waals surface area contributed by atoms with Crippen molar-refractivity contribution in [3.63, 3.8) is 0 Å². The highest BCUT2D eigenvalue weighted by Crippen LogP contribution is 2.25. The molecular formula is C16H17N3O5. The fourth-order valence-corrected chi connectivity index (χ4v) is 2.08. The summed E-state index contributed by atoms with van der Waals surface area (Å²) in [6.45, 7) is 1.57. The van der Waals surface area contributed by atoms with Crippen molar-refractivity contribution < 1.29 is 24.2 Å². The smallest absolute Gasteiger partial charge is 0.310 e. The molecule has 0 aliphatic heterocycles. The van der Waals surface area contributed by atoms with Crippen molar-refractivity contribution >= 4 is 17.6 Å². The second kappa shape index (κ2) is 7.40. The summed E-state index contributed by atoms with van der Waals surface area (Å²) < 4.78 is 10.1. The van der Waals surface area contributed by atoms with Gasteiger partial charge in [-0.15, -0.1) is 0 Å². The highest BCUT2D eigenvalue weighted by molar-refractivity contribution is 6.07. The molecule has 0 aliphatic carbocycles. The number of carbonyl (C=O) groups is 2. The zero-order valence-electron chi connectivity index (χ0n) is 13.4. The SMILES string of the molecule is COc1ncnc(OC)c1C(=O)Nc1cccc(C(C)C(=O)O)c1. The lowest BCUT2D eigenvalue weighted by Gasteiger charge is -2.12. The van der Waals surface area contributed by atoms with Crippen LogP contribution in [0.4, 0.5) is 5.69 Å². The Morgan fingerprint density at radius 1 is 1.17 bits per heavy atom. The van der Waals surface area contributed by atoms with E-state index < -0.39 is 17.8 Å². The maximum Gasteiger partial charge on any atom is 0.310 e. The van der Waals surface area contributed by atoms with E-state index in [2.05, 4.69) is 15.3 Å². The van der Waals surface area contributed by atoms with Crippen LogP contribution >= 0.6 is 0 Å². The number of nitrogens with zero attached hydrogens (tertiary/aromatic N) is 2. The van der Waals surface area contributed by atoms with Crippen molar-refractivity contribution in [3.05, 3.63) is 41.7 Å². The van der Waals surface area contributed by atoms with E-state index in [0.29, 0.717) is 11.3 Å². The molecule has 126 valence electrons. The third-order valence-corrected chi connectivity index (χ3v) is 3.41. The molecule has 8 heteroatoms. The molecule has 0 fully saturated rings. The first-order chi connectivity index (χ1) is 11.5. The van der Waals surface area contributed by atoms with E-state index in [1.165, 1.54) is 20.5 Å². The normalized spacial score (nSPS) is 11.5. The number of carbonyl (C=O) groups excluding carboxylic acids is 1. The van der Waals surface area contributed by atoms with Crippen LogP contribution < -0.4 is 14.8 Å². The summed E-state index contributed by atoms with van der Waals surface area (Å²) in [4.78, 5) is 31.4. The van der Waals surface area contributed by atoms with Crippen LogP contribution in [0.25, 0.3) is 0 Å². The molecule has 0 radical (unpaired) electrons. The molecule has 2 aromatic rings. The number of nitrogens with one attached hydrogen (secondary N) is 1. The number of methoxy groups -OCH3 is 2. The standard InChI is InChI=1S/C16H17N3O5/c1-9(16(21)22)10-5-4-6-11(7-10)19-13(20)12-14(23-2)17-8-18-15(12)24-3/h4-9H,1-3H3,(H,19,20)(H,21,22). The van der Waals surface area contributed by atoms with Gasteiger partial charge >= 0.3 is 5.97 Å². The van der Waals surface area contributed by atoms with Crippen LogP contribution in [0.3, 0.4) is 0 Å². The molecule has 24 heavy (non-hydrogen) atoms. The average molecular weight is 331 g/mol. The van der Waals surface area contributed by atoms with Crippen molar-refractivity contribution in [2.45, 2.75) is 12.8 Å². The molecule has 2 N–H and O–H groups in total. The molecule has 1 atom stereocenters. The number of hydrogen-bond acceptors (Lipinski definition) is 6. The molecule has 0 aliphatic rings. The molecule has 1 aromatic carbocycles. The van der Waals surface area contributed by atoms with Gasteiger partial charge in [0.05, 0.1) is 20.1 Å².